The van der Waals surface area contributed by atoms with Gasteiger partial charge in [-0.1, -0.05) is 30.3 Å². The second kappa shape index (κ2) is 4.98. The highest BCUT2D eigenvalue weighted by Gasteiger charge is 2.42. The molecule has 0 saturated heterocycles. The molecule has 0 bridgehead atoms. The summed E-state index contributed by atoms with van der Waals surface area (Å²) in [7, 11) is 0. The number of benzene rings is 1. The van der Waals surface area contributed by atoms with Gasteiger partial charge >= 0.3 is 0 Å². The molecule has 2 atom stereocenters. The van der Waals surface area contributed by atoms with E-state index >= 15 is 0 Å². The molecule has 1 aliphatic rings. The van der Waals surface area contributed by atoms with Crippen molar-refractivity contribution >= 4 is 0 Å². The Morgan fingerprint density at radius 1 is 1.25 bits per heavy atom. The summed E-state index contributed by atoms with van der Waals surface area (Å²) >= 11 is 0. The van der Waals surface area contributed by atoms with Crippen molar-refractivity contribution in [2.24, 2.45) is 0 Å². The monoisotopic (exact) mass is 271 g/mol. The van der Waals surface area contributed by atoms with E-state index in [-0.39, 0.29) is 5.54 Å². The van der Waals surface area contributed by atoms with E-state index < -0.39 is 0 Å². The van der Waals surface area contributed by atoms with Gasteiger partial charge in [-0.05, 0) is 43.2 Å². The Kier molecular flexibility index (Phi) is 3.30. The van der Waals surface area contributed by atoms with E-state index in [9.17, 15) is 0 Å². The minimum absolute atomic E-state index is 0.0686. The molecular weight excluding hydrogens is 250 g/mol. The Labute approximate surface area is 119 Å². The minimum atomic E-state index is 0.0686. The largest absolute Gasteiger partial charge is 0.305 e. The van der Waals surface area contributed by atoms with Gasteiger partial charge in [-0.25, -0.2) is 4.68 Å². The second-order valence-electron chi connectivity index (χ2n) is 6.46. The molecule has 0 amide bonds. The molecule has 0 radical (unpaired) electrons. The van der Waals surface area contributed by atoms with Crippen LogP contribution < -0.4 is 5.32 Å². The van der Waals surface area contributed by atoms with Crippen LogP contribution in [-0.2, 0) is 6.54 Å². The number of rotatable bonds is 4. The lowest BCUT2D eigenvalue weighted by Gasteiger charge is -2.19. The fourth-order valence-electron chi connectivity index (χ4n) is 2.44. The lowest BCUT2D eigenvalue weighted by Crippen LogP contribution is -2.36. The van der Waals surface area contributed by atoms with E-state index in [2.05, 4.69) is 71.9 Å². The highest BCUT2D eigenvalue weighted by atomic mass is 15.6. The standard InChI is InChI=1S/C15H21N5/c1-15(2,3)16-10-14-17-18-19-20(14)13-9-12(13)11-7-5-4-6-8-11/h4-8,12-13,16H,9-10H2,1-3H3. The van der Waals surface area contributed by atoms with E-state index in [0.717, 1.165) is 12.2 Å². The molecule has 1 saturated carbocycles. The molecule has 1 heterocycles. The zero-order valence-electron chi connectivity index (χ0n) is 12.2. The van der Waals surface area contributed by atoms with Crippen LogP contribution in [0.5, 0.6) is 0 Å². The van der Waals surface area contributed by atoms with Crippen LogP contribution in [0.2, 0.25) is 0 Å². The third-order valence-corrected chi connectivity index (χ3v) is 3.64. The molecule has 0 spiro atoms. The van der Waals surface area contributed by atoms with Crippen LogP contribution in [0.15, 0.2) is 30.3 Å². The fraction of sp³-hybridized carbons (Fsp3) is 0.533. The van der Waals surface area contributed by atoms with Gasteiger partial charge in [-0.3, -0.25) is 0 Å². The van der Waals surface area contributed by atoms with E-state index in [0.29, 0.717) is 18.5 Å². The summed E-state index contributed by atoms with van der Waals surface area (Å²) < 4.78 is 1.98. The molecule has 1 aromatic carbocycles. The van der Waals surface area contributed by atoms with Gasteiger partial charge in [0.25, 0.3) is 0 Å². The van der Waals surface area contributed by atoms with E-state index in [1.807, 2.05) is 4.68 Å². The van der Waals surface area contributed by atoms with Gasteiger partial charge in [0.15, 0.2) is 5.82 Å². The SMILES string of the molecule is CC(C)(C)NCc1nnnn1C1CC1c1ccccc1. The Balaban J connectivity index is 1.69. The van der Waals surface area contributed by atoms with Crippen LogP contribution in [-0.4, -0.2) is 25.7 Å². The van der Waals surface area contributed by atoms with E-state index in [4.69, 9.17) is 0 Å². The minimum Gasteiger partial charge on any atom is -0.305 e. The normalized spacial score (nSPS) is 21.9. The van der Waals surface area contributed by atoms with Crippen molar-refractivity contribution in [2.45, 2.75) is 51.2 Å². The molecule has 1 fully saturated rings. The van der Waals surface area contributed by atoms with Crippen LogP contribution in [0.3, 0.4) is 0 Å². The topological polar surface area (TPSA) is 55.6 Å². The number of hydrogen-bond acceptors (Lipinski definition) is 4. The quantitative estimate of drug-likeness (QED) is 0.927. The molecule has 1 N–H and O–H groups in total. The van der Waals surface area contributed by atoms with E-state index in [1.165, 1.54) is 5.56 Å². The van der Waals surface area contributed by atoms with Crippen molar-refractivity contribution < 1.29 is 0 Å². The summed E-state index contributed by atoms with van der Waals surface area (Å²) in [5.41, 5.74) is 1.45. The van der Waals surface area contributed by atoms with Crippen LogP contribution in [0.1, 0.15) is 50.5 Å². The highest BCUT2D eigenvalue weighted by molar-refractivity contribution is 5.26. The Bertz CT molecular complexity index is 569. The van der Waals surface area contributed by atoms with E-state index in [1.54, 1.807) is 0 Å². The van der Waals surface area contributed by atoms with Crippen molar-refractivity contribution in [1.82, 2.24) is 25.5 Å². The predicted octanol–water partition coefficient (Wildman–Crippen LogP) is 2.29. The van der Waals surface area contributed by atoms with Gasteiger partial charge in [0.05, 0.1) is 12.6 Å². The molecule has 5 nitrogen and oxygen atoms in total. The zero-order chi connectivity index (χ0) is 14.2. The average Bonchev–Trinajstić information content (AvgIpc) is 3.07. The molecule has 1 aliphatic carbocycles. The predicted molar refractivity (Wildman–Crippen MR) is 77.2 cm³/mol. The molecule has 2 aromatic rings. The Morgan fingerprint density at radius 2 is 2.00 bits per heavy atom. The first-order valence-corrected chi connectivity index (χ1v) is 7.11. The Hall–Kier alpha value is -1.75. The first-order valence-electron chi connectivity index (χ1n) is 7.11. The molecule has 0 aliphatic heterocycles. The van der Waals surface area contributed by atoms with Gasteiger partial charge in [-0.2, -0.15) is 0 Å². The summed E-state index contributed by atoms with van der Waals surface area (Å²) in [6, 6.07) is 11.0. The maximum atomic E-state index is 4.17. The van der Waals surface area contributed by atoms with Crippen LogP contribution in [0.25, 0.3) is 0 Å². The third-order valence-electron chi connectivity index (χ3n) is 3.64. The number of nitrogens with one attached hydrogen (secondary N) is 1. The average molecular weight is 271 g/mol. The van der Waals surface area contributed by atoms with Crippen molar-refractivity contribution in [3.63, 3.8) is 0 Å². The van der Waals surface area contributed by atoms with Crippen molar-refractivity contribution in [3.8, 4) is 0 Å². The first-order chi connectivity index (χ1) is 9.54. The van der Waals surface area contributed by atoms with Gasteiger partial charge < -0.3 is 5.32 Å². The molecular formula is C15H21N5. The van der Waals surface area contributed by atoms with Crippen LogP contribution in [0, 0.1) is 0 Å². The summed E-state index contributed by atoms with van der Waals surface area (Å²) in [5, 5.41) is 15.6. The number of nitrogens with zero attached hydrogens (tertiary/aromatic N) is 4. The third kappa shape index (κ3) is 2.88. The number of tetrazole rings is 1. The Morgan fingerprint density at radius 3 is 2.70 bits per heavy atom. The fourth-order valence-corrected chi connectivity index (χ4v) is 2.44. The smallest absolute Gasteiger partial charge is 0.165 e. The zero-order valence-corrected chi connectivity index (χ0v) is 12.2. The van der Waals surface area contributed by atoms with Gasteiger partial charge in [0, 0.05) is 11.5 Å². The summed E-state index contributed by atoms with van der Waals surface area (Å²) in [4.78, 5) is 0. The van der Waals surface area contributed by atoms with Gasteiger partial charge in [-0.15, -0.1) is 5.10 Å². The molecule has 20 heavy (non-hydrogen) atoms. The van der Waals surface area contributed by atoms with Crippen LogP contribution in [0.4, 0.5) is 0 Å². The van der Waals surface area contributed by atoms with Crippen molar-refractivity contribution in [1.29, 1.82) is 0 Å². The van der Waals surface area contributed by atoms with Gasteiger partial charge in [0.1, 0.15) is 0 Å². The lowest BCUT2D eigenvalue weighted by atomic mass is 10.1. The molecule has 2 unspecified atom stereocenters. The van der Waals surface area contributed by atoms with Crippen molar-refractivity contribution in [3.05, 3.63) is 41.7 Å². The first kappa shape index (κ1) is 13.2. The molecule has 1 aromatic heterocycles. The molecule has 5 heteroatoms. The van der Waals surface area contributed by atoms with Crippen molar-refractivity contribution in [2.75, 3.05) is 0 Å². The number of aromatic nitrogens is 4. The number of hydrogen-bond donors (Lipinski definition) is 1. The summed E-state index contributed by atoms with van der Waals surface area (Å²) in [6.07, 6.45) is 1.12. The van der Waals surface area contributed by atoms with Crippen LogP contribution >= 0.6 is 0 Å². The molecule has 3 rings (SSSR count). The highest BCUT2D eigenvalue weighted by Crippen LogP contribution is 2.51. The maximum absolute atomic E-state index is 4.17. The summed E-state index contributed by atoms with van der Waals surface area (Å²) in [5.74, 6) is 1.47. The second-order valence-corrected chi connectivity index (χ2v) is 6.46. The maximum Gasteiger partial charge on any atom is 0.165 e. The summed E-state index contributed by atoms with van der Waals surface area (Å²) in [6.45, 7) is 7.13. The molecule has 106 valence electrons. The lowest BCUT2D eigenvalue weighted by molar-refractivity contribution is 0.407. The van der Waals surface area contributed by atoms with Gasteiger partial charge in [0.2, 0.25) is 0 Å².